The maximum atomic E-state index is 12.6. The molecule has 110 valence electrons. The molecule has 0 bridgehead atoms. The number of likely N-dealkylation sites (N-methyl/N-ethyl adjacent to an activating group) is 1. The van der Waals surface area contributed by atoms with Crippen LogP contribution in [-0.4, -0.2) is 35.6 Å². The van der Waals surface area contributed by atoms with E-state index in [1.807, 2.05) is 45.0 Å². The van der Waals surface area contributed by atoms with E-state index in [9.17, 15) is 9.90 Å². The third-order valence-corrected chi connectivity index (χ3v) is 4.28. The first-order valence-electron chi connectivity index (χ1n) is 7.33. The van der Waals surface area contributed by atoms with Gasteiger partial charge in [0.15, 0.2) is 0 Å². The minimum absolute atomic E-state index is 0.0565. The number of aliphatic hydroxyl groups is 1. The number of amides is 1. The standard InChI is InChI=1S/C17H25NO2/c1-12-5-9-14(10-6-12)17(2,3)16(20)18(4)11-15(19)13-7-8-13/h5-6,9-10,13,15,19H,7-8,11H2,1-4H3. The molecule has 1 aliphatic carbocycles. The summed E-state index contributed by atoms with van der Waals surface area (Å²) in [7, 11) is 1.78. The monoisotopic (exact) mass is 275 g/mol. The lowest BCUT2D eigenvalue weighted by molar-refractivity contribution is -0.136. The van der Waals surface area contributed by atoms with Gasteiger partial charge in [-0.1, -0.05) is 29.8 Å². The van der Waals surface area contributed by atoms with Crippen LogP contribution in [0.4, 0.5) is 0 Å². The van der Waals surface area contributed by atoms with Crippen molar-refractivity contribution in [3.05, 3.63) is 35.4 Å². The molecular weight excluding hydrogens is 250 g/mol. The van der Waals surface area contributed by atoms with Gasteiger partial charge in [0.2, 0.25) is 5.91 Å². The van der Waals surface area contributed by atoms with Gasteiger partial charge in [0.1, 0.15) is 0 Å². The third kappa shape index (κ3) is 3.21. The number of benzene rings is 1. The molecule has 0 spiro atoms. The van der Waals surface area contributed by atoms with E-state index in [4.69, 9.17) is 0 Å². The Morgan fingerprint density at radius 2 is 1.90 bits per heavy atom. The second kappa shape index (κ2) is 5.57. The van der Waals surface area contributed by atoms with E-state index < -0.39 is 5.41 Å². The molecule has 1 aromatic carbocycles. The predicted octanol–water partition coefficient (Wildman–Crippen LogP) is 2.50. The fourth-order valence-electron chi connectivity index (χ4n) is 2.56. The Morgan fingerprint density at radius 3 is 2.40 bits per heavy atom. The van der Waals surface area contributed by atoms with Gasteiger partial charge in [-0.25, -0.2) is 0 Å². The third-order valence-electron chi connectivity index (χ3n) is 4.28. The van der Waals surface area contributed by atoms with Crippen molar-refractivity contribution in [2.45, 2.75) is 45.1 Å². The highest BCUT2D eigenvalue weighted by Crippen LogP contribution is 2.33. The van der Waals surface area contributed by atoms with E-state index in [0.29, 0.717) is 12.5 Å². The van der Waals surface area contributed by atoms with Gasteiger partial charge >= 0.3 is 0 Å². The lowest BCUT2D eigenvalue weighted by Crippen LogP contribution is -2.44. The number of aliphatic hydroxyl groups excluding tert-OH is 1. The van der Waals surface area contributed by atoms with Gasteiger partial charge in [0.05, 0.1) is 11.5 Å². The van der Waals surface area contributed by atoms with Crippen molar-refractivity contribution in [2.75, 3.05) is 13.6 Å². The molecule has 0 radical (unpaired) electrons. The van der Waals surface area contributed by atoms with E-state index in [1.165, 1.54) is 5.56 Å². The normalized spacial score (nSPS) is 16.9. The van der Waals surface area contributed by atoms with Gasteiger partial charge in [0.25, 0.3) is 0 Å². The number of carbonyl (C=O) groups is 1. The zero-order valence-electron chi connectivity index (χ0n) is 12.9. The first-order chi connectivity index (χ1) is 9.32. The number of hydrogen-bond donors (Lipinski definition) is 1. The second-order valence-corrected chi connectivity index (χ2v) is 6.58. The van der Waals surface area contributed by atoms with Gasteiger partial charge in [-0.2, -0.15) is 0 Å². The molecule has 3 nitrogen and oxygen atoms in total. The van der Waals surface area contributed by atoms with Crippen molar-refractivity contribution in [2.24, 2.45) is 5.92 Å². The van der Waals surface area contributed by atoms with Crippen LogP contribution >= 0.6 is 0 Å². The molecule has 0 aromatic heterocycles. The molecule has 1 fully saturated rings. The van der Waals surface area contributed by atoms with Crippen LogP contribution in [0.1, 0.15) is 37.8 Å². The van der Waals surface area contributed by atoms with Gasteiger partial charge in [-0.15, -0.1) is 0 Å². The summed E-state index contributed by atoms with van der Waals surface area (Å²) in [6.45, 7) is 6.36. The molecule has 1 unspecified atom stereocenters. The molecule has 20 heavy (non-hydrogen) atoms. The van der Waals surface area contributed by atoms with Crippen LogP contribution in [0.15, 0.2) is 24.3 Å². The van der Waals surface area contributed by atoms with Crippen molar-refractivity contribution in [1.82, 2.24) is 4.90 Å². The van der Waals surface area contributed by atoms with Crippen LogP contribution in [0.2, 0.25) is 0 Å². The maximum Gasteiger partial charge on any atom is 0.232 e. The Kier molecular flexibility index (Phi) is 4.19. The van der Waals surface area contributed by atoms with Gasteiger partial charge in [0, 0.05) is 13.6 Å². The lowest BCUT2D eigenvalue weighted by Gasteiger charge is -2.31. The van der Waals surface area contributed by atoms with Gasteiger partial charge in [-0.3, -0.25) is 4.79 Å². The van der Waals surface area contributed by atoms with Gasteiger partial charge in [-0.05, 0) is 45.1 Å². The quantitative estimate of drug-likeness (QED) is 0.897. The molecule has 0 saturated heterocycles. The summed E-state index contributed by atoms with van der Waals surface area (Å²) in [4.78, 5) is 14.3. The number of aryl methyl sites for hydroxylation is 1. The molecule has 2 rings (SSSR count). The first kappa shape index (κ1) is 15.0. The highest BCUT2D eigenvalue weighted by molar-refractivity contribution is 5.87. The second-order valence-electron chi connectivity index (χ2n) is 6.58. The summed E-state index contributed by atoms with van der Waals surface area (Å²) < 4.78 is 0. The summed E-state index contributed by atoms with van der Waals surface area (Å²) in [5.74, 6) is 0.453. The van der Waals surface area contributed by atoms with E-state index in [0.717, 1.165) is 18.4 Å². The Bertz CT molecular complexity index is 474. The molecule has 1 atom stereocenters. The highest BCUT2D eigenvalue weighted by Gasteiger charge is 2.36. The summed E-state index contributed by atoms with van der Waals surface area (Å²) >= 11 is 0. The zero-order valence-corrected chi connectivity index (χ0v) is 12.9. The maximum absolute atomic E-state index is 12.6. The summed E-state index contributed by atoms with van der Waals surface area (Å²) in [5.41, 5.74) is 1.64. The van der Waals surface area contributed by atoms with Crippen molar-refractivity contribution in [1.29, 1.82) is 0 Å². The van der Waals surface area contributed by atoms with E-state index >= 15 is 0 Å². The lowest BCUT2D eigenvalue weighted by atomic mass is 9.83. The minimum atomic E-state index is -0.564. The molecule has 0 heterocycles. The van der Waals surface area contributed by atoms with Crippen LogP contribution in [0.5, 0.6) is 0 Å². The van der Waals surface area contributed by atoms with Crippen molar-refractivity contribution in [3.8, 4) is 0 Å². The van der Waals surface area contributed by atoms with Crippen LogP contribution in [0, 0.1) is 12.8 Å². The van der Waals surface area contributed by atoms with E-state index in [2.05, 4.69) is 0 Å². The molecule has 1 saturated carbocycles. The molecule has 1 aromatic rings. The molecule has 1 aliphatic rings. The van der Waals surface area contributed by atoms with Gasteiger partial charge < -0.3 is 10.0 Å². The van der Waals surface area contributed by atoms with Crippen LogP contribution in [0.3, 0.4) is 0 Å². The number of rotatable bonds is 5. The Balaban J connectivity index is 2.06. The van der Waals surface area contributed by atoms with Crippen LogP contribution in [0.25, 0.3) is 0 Å². The highest BCUT2D eigenvalue weighted by atomic mass is 16.3. The molecule has 1 amide bonds. The number of carbonyl (C=O) groups excluding carboxylic acids is 1. The minimum Gasteiger partial charge on any atom is -0.391 e. The van der Waals surface area contributed by atoms with Crippen molar-refractivity contribution in [3.63, 3.8) is 0 Å². The number of nitrogens with zero attached hydrogens (tertiary/aromatic N) is 1. The largest absolute Gasteiger partial charge is 0.391 e. The van der Waals surface area contributed by atoms with Crippen LogP contribution < -0.4 is 0 Å². The number of hydrogen-bond acceptors (Lipinski definition) is 2. The van der Waals surface area contributed by atoms with Crippen molar-refractivity contribution < 1.29 is 9.90 Å². The molecule has 0 aliphatic heterocycles. The van der Waals surface area contributed by atoms with E-state index in [1.54, 1.807) is 11.9 Å². The Labute approximate surface area is 121 Å². The molecule has 3 heteroatoms. The summed E-state index contributed by atoms with van der Waals surface area (Å²) in [6, 6.07) is 8.09. The average molecular weight is 275 g/mol. The first-order valence-corrected chi connectivity index (χ1v) is 7.33. The Hall–Kier alpha value is -1.35. The predicted molar refractivity (Wildman–Crippen MR) is 80.6 cm³/mol. The molecular formula is C17H25NO2. The topological polar surface area (TPSA) is 40.5 Å². The smallest absolute Gasteiger partial charge is 0.232 e. The fourth-order valence-corrected chi connectivity index (χ4v) is 2.56. The SMILES string of the molecule is Cc1ccc(C(C)(C)C(=O)N(C)CC(O)C2CC2)cc1. The summed E-state index contributed by atoms with van der Waals surface area (Å²) in [6.07, 6.45) is 1.80. The summed E-state index contributed by atoms with van der Waals surface area (Å²) in [5, 5.41) is 9.99. The van der Waals surface area contributed by atoms with Crippen molar-refractivity contribution >= 4 is 5.91 Å². The molecule has 1 N–H and O–H groups in total. The average Bonchev–Trinajstić information content (AvgIpc) is 3.22. The fraction of sp³-hybridized carbons (Fsp3) is 0.588. The van der Waals surface area contributed by atoms with E-state index in [-0.39, 0.29) is 12.0 Å². The zero-order chi connectivity index (χ0) is 14.9. The van der Waals surface area contributed by atoms with Crippen LogP contribution in [-0.2, 0) is 10.2 Å². The Morgan fingerprint density at radius 1 is 1.35 bits per heavy atom.